The Bertz CT molecular complexity index is 1260. The monoisotopic (exact) mass is 397 g/mol. The number of rotatable bonds is 4. The van der Waals surface area contributed by atoms with E-state index in [-0.39, 0.29) is 5.91 Å². The molecule has 0 fully saturated rings. The van der Waals surface area contributed by atoms with Gasteiger partial charge in [-0.1, -0.05) is 18.2 Å². The topological polar surface area (TPSA) is 111 Å². The lowest BCUT2D eigenvalue weighted by atomic mass is 10.1. The Balaban J connectivity index is 1.51. The zero-order chi connectivity index (χ0) is 20.5. The number of nitrogens with one attached hydrogen (secondary N) is 1. The van der Waals surface area contributed by atoms with Crippen LogP contribution in [0.15, 0.2) is 66.0 Å². The van der Waals surface area contributed by atoms with Crippen molar-refractivity contribution in [3.05, 3.63) is 72.4 Å². The van der Waals surface area contributed by atoms with Gasteiger partial charge < -0.3 is 11.1 Å². The predicted molar refractivity (Wildman–Crippen MR) is 116 cm³/mol. The first-order chi connectivity index (χ1) is 14.7. The number of benzene rings is 1. The van der Waals surface area contributed by atoms with Gasteiger partial charge in [0.25, 0.3) is 5.91 Å². The van der Waals surface area contributed by atoms with Crippen molar-refractivity contribution in [2.45, 2.75) is 12.8 Å². The van der Waals surface area contributed by atoms with Crippen molar-refractivity contribution < 1.29 is 4.79 Å². The molecule has 5 rings (SSSR count). The minimum absolute atomic E-state index is 0.225. The number of hydrogen-bond donors (Lipinski definition) is 2. The maximum Gasteiger partial charge on any atom is 0.256 e. The van der Waals surface area contributed by atoms with Crippen LogP contribution in [0.4, 0.5) is 11.6 Å². The summed E-state index contributed by atoms with van der Waals surface area (Å²) in [6, 6.07) is 12.6. The maximum absolute atomic E-state index is 12.5. The molecule has 8 heteroatoms. The number of carbonyl (C=O) groups excluding carboxylic acids is 1. The zero-order valence-corrected chi connectivity index (χ0v) is 16.1. The second-order valence-electron chi connectivity index (χ2n) is 6.99. The van der Waals surface area contributed by atoms with Crippen molar-refractivity contribution in [3.63, 3.8) is 0 Å². The van der Waals surface area contributed by atoms with Crippen molar-refractivity contribution >= 4 is 28.8 Å². The lowest BCUT2D eigenvalue weighted by molar-refractivity contribution is 0.102. The maximum atomic E-state index is 12.5. The molecule has 0 radical (unpaired) electrons. The molecule has 0 aliphatic carbocycles. The first kappa shape index (κ1) is 18.0. The number of anilines is 2. The van der Waals surface area contributed by atoms with Crippen LogP contribution < -0.4 is 11.1 Å². The van der Waals surface area contributed by atoms with Gasteiger partial charge in [-0.3, -0.25) is 14.2 Å². The summed E-state index contributed by atoms with van der Waals surface area (Å²) in [7, 11) is 0. The van der Waals surface area contributed by atoms with Crippen LogP contribution in [0, 0.1) is 0 Å². The van der Waals surface area contributed by atoms with E-state index in [1.165, 1.54) is 0 Å². The van der Waals surface area contributed by atoms with E-state index in [1.54, 1.807) is 36.7 Å². The predicted octanol–water partition coefficient (Wildman–Crippen LogP) is 3.21. The molecule has 1 amide bonds. The first-order valence-corrected chi connectivity index (χ1v) is 9.70. The number of amides is 1. The largest absolute Gasteiger partial charge is 0.382 e. The summed E-state index contributed by atoms with van der Waals surface area (Å²) < 4.78 is 1.95. The zero-order valence-electron chi connectivity index (χ0n) is 16.1. The standard InChI is InChI=1S/C22H19N7O/c23-20-19-18(28-21(16-4-3-11-24-16)29(19)13-12-26-20)14-6-8-15(9-7-14)22(30)27-17-5-1-2-10-25-17/h1-2,5-10,12-13H,3-4,11H2,(H2,23,26)(H,25,27,30). The van der Waals surface area contributed by atoms with Crippen LogP contribution in [0.5, 0.6) is 0 Å². The fourth-order valence-corrected chi connectivity index (χ4v) is 3.60. The van der Waals surface area contributed by atoms with Gasteiger partial charge in [-0.2, -0.15) is 0 Å². The Labute approximate surface area is 172 Å². The van der Waals surface area contributed by atoms with Gasteiger partial charge in [0.1, 0.15) is 22.8 Å². The van der Waals surface area contributed by atoms with Crippen molar-refractivity contribution in [3.8, 4) is 11.3 Å². The number of aliphatic imine (C=N–C) groups is 1. The Kier molecular flexibility index (Phi) is 4.44. The number of nitrogen functional groups attached to an aromatic ring is 1. The number of aromatic nitrogens is 4. The summed E-state index contributed by atoms with van der Waals surface area (Å²) >= 11 is 0. The SMILES string of the molecule is Nc1nccn2c(C3=NCCC3)nc(-c3ccc(C(=O)Nc4ccccn4)cc3)c12. The number of hydrogen-bond acceptors (Lipinski definition) is 6. The second kappa shape index (κ2) is 7.40. The molecule has 0 bridgehead atoms. The summed E-state index contributed by atoms with van der Waals surface area (Å²) in [6.45, 7) is 0.820. The highest BCUT2D eigenvalue weighted by atomic mass is 16.1. The van der Waals surface area contributed by atoms with Crippen molar-refractivity contribution in [2.24, 2.45) is 4.99 Å². The normalized spacial score (nSPS) is 13.4. The average molecular weight is 397 g/mol. The molecule has 0 unspecified atom stereocenters. The minimum Gasteiger partial charge on any atom is -0.382 e. The van der Waals surface area contributed by atoms with Gasteiger partial charge in [0, 0.05) is 36.3 Å². The van der Waals surface area contributed by atoms with Gasteiger partial charge in [-0.25, -0.2) is 15.0 Å². The molecule has 8 nitrogen and oxygen atoms in total. The third-order valence-corrected chi connectivity index (χ3v) is 5.04. The molecule has 1 aromatic carbocycles. The van der Waals surface area contributed by atoms with Gasteiger partial charge in [0.05, 0.1) is 5.71 Å². The van der Waals surface area contributed by atoms with E-state index in [0.29, 0.717) is 17.2 Å². The summed E-state index contributed by atoms with van der Waals surface area (Å²) in [6.07, 6.45) is 7.08. The molecule has 0 atom stereocenters. The Hall–Kier alpha value is -4.07. The van der Waals surface area contributed by atoms with Crippen LogP contribution in [0.25, 0.3) is 16.8 Å². The van der Waals surface area contributed by atoms with Gasteiger partial charge >= 0.3 is 0 Å². The number of imidazole rings is 1. The van der Waals surface area contributed by atoms with Crippen LogP contribution in [-0.2, 0) is 0 Å². The van der Waals surface area contributed by atoms with Gasteiger partial charge in [-0.05, 0) is 37.1 Å². The molecule has 3 aromatic heterocycles. The number of fused-ring (bicyclic) bond motifs is 1. The van der Waals surface area contributed by atoms with E-state index in [4.69, 9.17) is 10.7 Å². The number of nitrogens with two attached hydrogens (primary N) is 1. The second-order valence-corrected chi connectivity index (χ2v) is 6.99. The molecule has 4 heterocycles. The summed E-state index contributed by atoms with van der Waals surface area (Å²) in [5.41, 5.74) is 10.0. The quantitative estimate of drug-likeness (QED) is 0.549. The number of carbonyl (C=O) groups is 1. The molecule has 3 N–H and O–H groups in total. The summed E-state index contributed by atoms with van der Waals surface area (Å²) in [5.74, 6) is 1.48. The van der Waals surface area contributed by atoms with E-state index < -0.39 is 0 Å². The molecule has 30 heavy (non-hydrogen) atoms. The smallest absolute Gasteiger partial charge is 0.256 e. The van der Waals surface area contributed by atoms with Crippen LogP contribution >= 0.6 is 0 Å². The molecule has 0 spiro atoms. The van der Waals surface area contributed by atoms with E-state index in [1.807, 2.05) is 28.8 Å². The summed E-state index contributed by atoms with van der Waals surface area (Å²) in [4.78, 5) is 30.3. The Morgan fingerprint density at radius 3 is 2.67 bits per heavy atom. The minimum atomic E-state index is -0.225. The van der Waals surface area contributed by atoms with Crippen LogP contribution in [-0.4, -0.2) is 37.5 Å². The Morgan fingerprint density at radius 2 is 1.93 bits per heavy atom. The lowest BCUT2D eigenvalue weighted by Gasteiger charge is -2.05. The molecule has 1 aliphatic heterocycles. The molecule has 0 saturated heterocycles. The fraction of sp³-hybridized carbons (Fsp3) is 0.136. The highest BCUT2D eigenvalue weighted by Gasteiger charge is 2.21. The van der Waals surface area contributed by atoms with Crippen molar-refractivity contribution in [1.29, 1.82) is 0 Å². The molecule has 1 aliphatic rings. The Morgan fingerprint density at radius 1 is 1.07 bits per heavy atom. The highest BCUT2D eigenvalue weighted by Crippen LogP contribution is 2.29. The van der Waals surface area contributed by atoms with Crippen LogP contribution in [0.3, 0.4) is 0 Å². The van der Waals surface area contributed by atoms with E-state index in [2.05, 4.69) is 20.3 Å². The third kappa shape index (κ3) is 3.18. The fourth-order valence-electron chi connectivity index (χ4n) is 3.60. The lowest BCUT2D eigenvalue weighted by Crippen LogP contribution is -2.12. The highest BCUT2D eigenvalue weighted by molar-refractivity contribution is 6.04. The van der Waals surface area contributed by atoms with E-state index in [0.717, 1.165) is 47.7 Å². The van der Waals surface area contributed by atoms with Gasteiger partial charge in [-0.15, -0.1) is 0 Å². The summed E-state index contributed by atoms with van der Waals surface area (Å²) in [5, 5.41) is 2.78. The van der Waals surface area contributed by atoms with Crippen molar-refractivity contribution in [2.75, 3.05) is 17.6 Å². The number of pyridine rings is 1. The van der Waals surface area contributed by atoms with Gasteiger partial charge in [0.15, 0.2) is 5.82 Å². The van der Waals surface area contributed by atoms with Crippen LogP contribution in [0.2, 0.25) is 0 Å². The molecule has 4 aromatic rings. The third-order valence-electron chi connectivity index (χ3n) is 5.04. The van der Waals surface area contributed by atoms with Crippen molar-refractivity contribution in [1.82, 2.24) is 19.4 Å². The first-order valence-electron chi connectivity index (χ1n) is 9.70. The van der Waals surface area contributed by atoms with E-state index >= 15 is 0 Å². The molecular formula is C22H19N7O. The van der Waals surface area contributed by atoms with Gasteiger partial charge in [0.2, 0.25) is 0 Å². The average Bonchev–Trinajstić information content (AvgIpc) is 3.43. The molecular weight excluding hydrogens is 378 g/mol. The molecule has 0 saturated carbocycles. The molecule has 148 valence electrons. The van der Waals surface area contributed by atoms with E-state index in [9.17, 15) is 4.79 Å². The van der Waals surface area contributed by atoms with Crippen LogP contribution in [0.1, 0.15) is 29.0 Å². The number of nitrogens with zero attached hydrogens (tertiary/aromatic N) is 5.